The van der Waals surface area contributed by atoms with Gasteiger partial charge in [-0.05, 0) is 11.6 Å². The van der Waals surface area contributed by atoms with Crippen molar-refractivity contribution < 1.29 is 0 Å². The van der Waals surface area contributed by atoms with Crippen molar-refractivity contribution in [3.63, 3.8) is 0 Å². The summed E-state index contributed by atoms with van der Waals surface area (Å²) in [5.41, 5.74) is 2.83. The number of nitrogens with one attached hydrogen (secondary N) is 1. The Balaban J connectivity index is 2.61. The van der Waals surface area contributed by atoms with Gasteiger partial charge in [0.2, 0.25) is 0 Å². The van der Waals surface area contributed by atoms with Crippen LogP contribution in [0, 0.1) is 11.3 Å². The predicted octanol–water partition coefficient (Wildman–Crippen LogP) is 0.556. The summed E-state index contributed by atoms with van der Waals surface area (Å²) in [6.45, 7) is 1.65. The number of hydrogen-bond acceptors (Lipinski definition) is 3. The highest BCUT2D eigenvalue weighted by Crippen LogP contribution is 2.16. The molecule has 0 aromatic carbocycles. The van der Waals surface area contributed by atoms with Crippen molar-refractivity contribution in [2.75, 3.05) is 0 Å². The molecule has 54 valence electrons. The van der Waals surface area contributed by atoms with Gasteiger partial charge in [-0.15, -0.1) is 0 Å². The Morgan fingerprint density at radius 2 is 2.45 bits per heavy atom. The van der Waals surface area contributed by atoms with E-state index in [4.69, 9.17) is 5.26 Å². The predicted molar refractivity (Wildman–Crippen MR) is 39.5 cm³/mol. The van der Waals surface area contributed by atoms with Crippen LogP contribution in [0.25, 0.3) is 0 Å². The van der Waals surface area contributed by atoms with Gasteiger partial charge < -0.3 is 5.32 Å². The summed E-state index contributed by atoms with van der Waals surface area (Å²) in [6, 6.07) is 4.03. The highest BCUT2D eigenvalue weighted by atomic mass is 14.9. The fourth-order valence-corrected chi connectivity index (χ4v) is 1.31. The number of nitrogens with zero attached hydrogens (tertiary/aromatic N) is 2. The summed E-state index contributed by atoms with van der Waals surface area (Å²) >= 11 is 0. The van der Waals surface area contributed by atoms with Crippen LogP contribution in [0.4, 0.5) is 0 Å². The maximum atomic E-state index is 8.66. The molecule has 0 aliphatic carbocycles. The average molecular weight is 145 g/mol. The smallest absolute Gasteiger partial charge is 0.145 e. The second kappa shape index (κ2) is 2.33. The van der Waals surface area contributed by atoms with E-state index in [1.54, 1.807) is 6.20 Å². The number of hydrogen-bond donors (Lipinski definition) is 1. The average Bonchev–Trinajstić information content (AvgIpc) is 2.50. The van der Waals surface area contributed by atoms with Crippen LogP contribution in [0.2, 0.25) is 0 Å². The maximum Gasteiger partial charge on any atom is 0.145 e. The van der Waals surface area contributed by atoms with Gasteiger partial charge in [-0.2, -0.15) is 5.26 Å². The van der Waals surface area contributed by atoms with Crippen molar-refractivity contribution in [3.05, 3.63) is 29.1 Å². The molecule has 0 bridgehead atoms. The van der Waals surface area contributed by atoms with Crippen molar-refractivity contribution in [2.24, 2.45) is 0 Å². The van der Waals surface area contributed by atoms with Crippen molar-refractivity contribution in [2.45, 2.75) is 13.1 Å². The molecule has 0 unspecified atom stereocenters. The summed E-state index contributed by atoms with van der Waals surface area (Å²) in [7, 11) is 0. The van der Waals surface area contributed by atoms with Crippen LogP contribution in [0.5, 0.6) is 0 Å². The van der Waals surface area contributed by atoms with Crippen LogP contribution >= 0.6 is 0 Å². The van der Waals surface area contributed by atoms with Crippen molar-refractivity contribution >= 4 is 0 Å². The number of pyridine rings is 1. The lowest BCUT2D eigenvalue weighted by atomic mass is 10.1. The van der Waals surface area contributed by atoms with Gasteiger partial charge in [0.1, 0.15) is 11.8 Å². The Labute approximate surface area is 64.7 Å². The molecule has 0 saturated heterocycles. The first-order valence-electron chi connectivity index (χ1n) is 3.49. The molecule has 2 heterocycles. The van der Waals surface area contributed by atoms with E-state index in [1.807, 2.05) is 6.07 Å². The van der Waals surface area contributed by atoms with Crippen LogP contribution in [-0.4, -0.2) is 4.98 Å². The van der Waals surface area contributed by atoms with Crippen LogP contribution < -0.4 is 5.32 Å². The molecule has 0 fully saturated rings. The van der Waals surface area contributed by atoms with E-state index in [-0.39, 0.29) is 0 Å². The Morgan fingerprint density at radius 3 is 3.27 bits per heavy atom. The molecule has 0 amide bonds. The Morgan fingerprint density at radius 1 is 1.55 bits per heavy atom. The van der Waals surface area contributed by atoms with Gasteiger partial charge in [0.05, 0.1) is 0 Å². The van der Waals surface area contributed by atoms with Gasteiger partial charge in [0, 0.05) is 24.8 Å². The Bertz CT molecular complexity index is 325. The van der Waals surface area contributed by atoms with Crippen LogP contribution in [0.15, 0.2) is 12.3 Å². The van der Waals surface area contributed by atoms with E-state index in [2.05, 4.69) is 16.4 Å². The van der Waals surface area contributed by atoms with Crippen LogP contribution in [0.1, 0.15) is 16.8 Å². The molecular weight excluding hydrogens is 138 g/mol. The molecule has 0 atom stereocenters. The maximum absolute atomic E-state index is 8.66. The van der Waals surface area contributed by atoms with Crippen LogP contribution in [-0.2, 0) is 13.1 Å². The summed E-state index contributed by atoms with van der Waals surface area (Å²) in [4.78, 5) is 3.97. The van der Waals surface area contributed by atoms with E-state index >= 15 is 0 Å². The van der Waals surface area contributed by atoms with Gasteiger partial charge in [-0.25, -0.2) is 4.98 Å². The van der Waals surface area contributed by atoms with Gasteiger partial charge in [0.15, 0.2) is 0 Å². The van der Waals surface area contributed by atoms with E-state index in [0.717, 1.165) is 18.7 Å². The van der Waals surface area contributed by atoms with Crippen molar-refractivity contribution in [3.8, 4) is 6.07 Å². The highest BCUT2D eigenvalue weighted by Gasteiger charge is 2.13. The van der Waals surface area contributed by atoms with Gasteiger partial charge in [-0.1, -0.05) is 0 Å². The topological polar surface area (TPSA) is 48.7 Å². The van der Waals surface area contributed by atoms with E-state index in [9.17, 15) is 0 Å². The number of nitriles is 1. The molecule has 3 heteroatoms. The Kier molecular flexibility index (Phi) is 1.34. The second-order valence-corrected chi connectivity index (χ2v) is 2.51. The van der Waals surface area contributed by atoms with E-state index < -0.39 is 0 Å². The molecule has 1 aliphatic heterocycles. The van der Waals surface area contributed by atoms with Gasteiger partial charge in [0.25, 0.3) is 0 Å². The number of rotatable bonds is 0. The fraction of sp³-hybridized carbons (Fsp3) is 0.250. The monoisotopic (exact) mass is 145 g/mol. The van der Waals surface area contributed by atoms with Crippen molar-refractivity contribution in [1.29, 1.82) is 5.26 Å². The summed E-state index contributed by atoms with van der Waals surface area (Å²) in [6.07, 6.45) is 1.68. The zero-order valence-electron chi connectivity index (χ0n) is 5.96. The molecular formula is C8H7N3. The highest BCUT2D eigenvalue weighted by molar-refractivity contribution is 5.39. The SMILES string of the molecule is N#Cc1nccc2c1CNC2. The molecule has 1 N–H and O–H groups in total. The number of fused-ring (bicyclic) bond motifs is 1. The van der Waals surface area contributed by atoms with Crippen molar-refractivity contribution in [1.82, 2.24) is 10.3 Å². The minimum absolute atomic E-state index is 0.563. The standard InChI is InChI=1S/C8H7N3/c9-3-8-7-5-10-4-6(7)1-2-11-8/h1-2,10H,4-5H2. The normalized spacial score (nSPS) is 14.1. The lowest BCUT2D eigenvalue weighted by molar-refractivity contribution is 0.763. The summed E-state index contributed by atoms with van der Waals surface area (Å²) in [5, 5.41) is 11.8. The molecule has 11 heavy (non-hydrogen) atoms. The Hall–Kier alpha value is -1.40. The summed E-state index contributed by atoms with van der Waals surface area (Å²) in [5.74, 6) is 0. The molecule has 1 aliphatic rings. The lowest BCUT2D eigenvalue weighted by Crippen LogP contribution is -2.00. The zero-order chi connectivity index (χ0) is 7.68. The van der Waals surface area contributed by atoms with E-state index in [1.165, 1.54) is 5.56 Å². The zero-order valence-corrected chi connectivity index (χ0v) is 5.96. The van der Waals surface area contributed by atoms with E-state index in [0.29, 0.717) is 5.69 Å². The minimum Gasteiger partial charge on any atom is -0.308 e. The second-order valence-electron chi connectivity index (χ2n) is 2.51. The van der Waals surface area contributed by atoms with Gasteiger partial charge >= 0.3 is 0 Å². The number of aromatic nitrogens is 1. The quantitative estimate of drug-likeness (QED) is 0.580. The molecule has 1 aromatic heterocycles. The molecule has 0 spiro atoms. The first-order chi connectivity index (χ1) is 5.42. The third-order valence-electron chi connectivity index (χ3n) is 1.88. The first-order valence-corrected chi connectivity index (χ1v) is 3.49. The third-order valence-corrected chi connectivity index (χ3v) is 1.88. The third kappa shape index (κ3) is 0.883. The molecule has 1 aromatic rings. The fourth-order valence-electron chi connectivity index (χ4n) is 1.31. The lowest BCUT2D eigenvalue weighted by Gasteiger charge is -1.96. The summed E-state index contributed by atoms with van der Waals surface area (Å²) < 4.78 is 0. The van der Waals surface area contributed by atoms with Gasteiger partial charge in [-0.3, -0.25) is 0 Å². The minimum atomic E-state index is 0.563. The molecule has 2 rings (SSSR count). The molecule has 0 radical (unpaired) electrons. The molecule has 3 nitrogen and oxygen atoms in total. The first kappa shape index (κ1) is 6.32. The largest absolute Gasteiger partial charge is 0.308 e. The molecule has 0 saturated carbocycles. The van der Waals surface area contributed by atoms with Crippen LogP contribution in [0.3, 0.4) is 0 Å².